The SMILES string of the molecule is CNCCS(=O)(=O)[O-].CNCCS(=O)(=O)[O-].[Mg+2]. The fourth-order valence-corrected chi connectivity index (χ4v) is 1.36. The van der Waals surface area contributed by atoms with Crippen LogP contribution in [-0.2, 0) is 20.2 Å². The van der Waals surface area contributed by atoms with Gasteiger partial charge in [-0.1, -0.05) is 0 Å². The minimum atomic E-state index is -4.00. The van der Waals surface area contributed by atoms with Crippen molar-refractivity contribution in [2.75, 3.05) is 38.7 Å². The average Bonchev–Trinajstić information content (AvgIpc) is 2.10. The Morgan fingerprint density at radius 2 is 1.06 bits per heavy atom. The van der Waals surface area contributed by atoms with Crippen molar-refractivity contribution in [3.05, 3.63) is 0 Å². The Morgan fingerprint density at radius 1 is 0.824 bits per heavy atom. The van der Waals surface area contributed by atoms with E-state index in [-0.39, 0.29) is 47.6 Å². The second kappa shape index (κ2) is 11.6. The second-order valence-corrected chi connectivity index (χ2v) is 5.78. The standard InChI is InChI=1S/2C3H9NO3S.Mg/c2*1-4-2-3-8(5,6)7;/h2*4H,2-3H2,1H3,(H,5,6,7);/q;;+2/p-2. The first-order chi connectivity index (χ1) is 7.12. The summed E-state index contributed by atoms with van der Waals surface area (Å²) in [6.45, 7) is 0.456. The van der Waals surface area contributed by atoms with E-state index >= 15 is 0 Å². The summed E-state index contributed by atoms with van der Waals surface area (Å²) < 4.78 is 58.8. The van der Waals surface area contributed by atoms with E-state index in [2.05, 4.69) is 10.6 Å². The van der Waals surface area contributed by atoms with E-state index in [9.17, 15) is 25.9 Å². The van der Waals surface area contributed by atoms with E-state index in [0.717, 1.165) is 0 Å². The van der Waals surface area contributed by atoms with Crippen LogP contribution >= 0.6 is 0 Å². The zero-order valence-electron chi connectivity index (χ0n) is 9.80. The Bertz CT molecular complexity index is 319. The predicted octanol–water partition coefficient (Wildman–Crippen LogP) is -2.88. The third-order valence-electron chi connectivity index (χ3n) is 1.20. The van der Waals surface area contributed by atoms with Crippen molar-refractivity contribution in [2.24, 2.45) is 0 Å². The van der Waals surface area contributed by atoms with Crippen LogP contribution in [0.2, 0.25) is 0 Å². The van der Waals surface area contributed by atoms with Gasteiger partial charge in [0.1, 0.15) is 0 Å². The van der Waals surface area contributed by atoms with Crippen LogP contribution in [0.15, 0.2) is 0 Å². The zero-order chi connectivity index (χ0) is 13.2. The molecule has 0 saturated heterocycles. The molecule has 0 aliphatic carbocycles. The van der Waals surface area contributed by atoms with Crippen molar-refractivity contribution in [1.82, 2.24) is 10.6 Å². The molecule has 0 aliphatic heterocycles. The first kappa shape index (κ1) is 22.7. The Morgan fingerprint density at radius 3 is 1.12 bits per heavy atom. The minimum absolute atomic E-state index is 0. The molecule has 0 bridgehead atoms. The minimum Gasteiger partial charge on any atom is -0.748 e. The van der Waals surface area contributed by atoms with Crippen LogP contribution < -0.4 is 10.6 Å². The summed E-state index contributed by atoms with van der Waals surface area (Å²) in [6, 6.07) is 0. The van der Waals surface area contributed by atoms with Gasteiger partial charge in [0.2, 0.25) is 0 Å². The number of hydrogen-bond acceptors (Lipinski definition) is 8. The van der Waals surface area contributed by atoms with Gasteiger partial charge in [-0.15, -0.1) is 0 Å². The van der Waals surface area contributed by atoms with Gasteiger partial charge >= 0.3 is 23.1 Å². The molecular formula is C6H16MgN2O6S2. The summed E-state index contributed by atoms with van der Waals surface area (Å²) >= 11 is 0. The van der Waals surface area contributed by atoms with Gasteiger partial charge in [0, 0.05) is 13.1 Å². The first-order valence-electron chi connectivity index (χ1n) is 4.28. The molecule has 2 N–H and O–H groups in total. The Balaban J connectivity index is -0.000000218. The molecule has 0 spiro atoms. The van der Waals surface area contributed by atoms with Crippen molar-refractivity contribution in [3.63, 3.8) is 0 Å². The van der Waals surface area contributed by atoms with Gasteiger partial charge in [-0.25, -0.2) is 16.8 Å². The summed E-state index contributed by atoms with van der Waals surface area (Å²) in [5.41, 5.74) is 0. The molecule has 0 saturated carbocycles. The van der Waals surface area contributed by atoms with Crippen molar-refractivity contribution in [1.29, 1.82) is 0 Å². The van der Waals surface area contributed by atoms with Gasteiger partial charge < -0.3 is 19.7 Å². The molecule has 0 radical (unpaired) electrons. The molecule has 0 amide bonds. The molecule has 0 unspecified atom stereocenters. The summed E-state index contributed by atoms with van der Waals surface area (Å²) in [5.74, 6) is -0.660. The van der Waals surface area contributed by atoms with Gasteiger partial charge in [-0.05, 0) is 14.1 Å². The third kappa shape index (κ3) is 31.5. The van der Waals surface area contributed by atoms with Gasteiger partial charge in [-0.3, -0.25) is 0 Å². The first-order valence-corrected chi connectivity index (χ1v) is 7.44. The zero-order valence-corrected chi connectivity index (χ0v) is 12.8. The molecule has 0 aromatic carbocycles. The van der Waals surface area contributed by atoms with Crippen molar-refractivity contribution < 1.29 is 25.9 Å². The topological polar surface area (TPSA) is 138 Å². The van der Waals surface area contributed by atoms with Crippen LogP contribution in [0.25, 0.3) is 0 Å². The fourth-order valence-electron chi connectivity index (χ4n) is 0.454. The van der Waals surface area contributed by atoms with Crippen LogP contribution in [-0.4, -0.2) is 87.7 Å². The van der Waals surface area contributed by atoms with Crippen LogP contribution in [0.5, 0.6) is 0 Å². The molecule has 11 heteroatoms. The van der Waals surface area contributed by atoms with Crippen LogP contribution in [0.3, 0.4) is 0 Å². The largest absolute Gasteiger partial charge is 2.00 e. The average molecular weight is 301 g/mol. The normalized spacial score (nSPS) is 11.1. The van der Waals surface area contributed by atoms with Crippen LogP contribution in [0.4, 0.5) is 0 Å². The monoisotopic (exact) mass is 300 g/mol. The van der Waals surface area contributed by atoms with E-state index in [1.54, 1.807) is 14.1 Å². The van der Waals surface area contributed by atoms with Gasteiger partial charge in [0.15, 0.2) is 0 Å². The van der Waals surface area contributed by atoms with Gasteiger partial charge in [-0.2, -0.15) is 0 Å². The number of rotatable bonds is 6. The summed E-state index contributed by atoms with van der Waals surface area (Å²) in [4.78, 5) is 0. The maximum atomic E-state index is 9.79. The molecule has 0 fully saturated rings. The van der Waals surface area contributed by atoms with Crippen molar-refractivity contribution >= 4 is 43.3 Å². The molecular weight excluding hydrogens is 285 g/mol. The molecule has 0 atom stereocenters. The van der Waals surface area contributed by atoms with E-state index < -0.39 is 20.2 Å². The molecule has 17 heavy (non-hydrogen) atoms. The fraction of sp³-hybridized carbons (Fsp3) is 1.00. The van der Waals surface area contributed by atoms with Crippen molar-refractivity contribution in [3.8, 4) is 0 Å². The summed E-state index contributed by atoms with van der Waals surface area (Å²) in [6.07, 6.45) is 0. The quantitative estimate of drug-likeness (QED) is 0.394. The Kier molecular flexibility index (Phi) is 15.5. The van der Waals surface area contributed by atoms with Gasteiger partial charge in [0.05, 0.1) is 31.7 Å². The Labute approximate surface area is 118 Å². The molecule has 0 heterocycles. The number of nitrogens with one attached hydrogen (secondary N) is 2. The second-order valence-electron chi connectivity index (χ2n) is 2.73. The number of hydrogen-bond donors (Lipinski definition) is 2. The molecule has 8 nitrogen and oxygen atoms in total. The molecule has 0 aromatic heterocycles. The Hall–Kier alpha value is 0.506. The molecule has 0 aliphatic rings. The maximum Gasteiger partial charge on any atom is 2.00 e. The van der Waals surface area contributed by atoms with E-state index in [1.807, 2.05) is 0 Å². The van der Waals surface area contributed by atoms with E-state index in [4.69, 9.17) is 0 Å². The summed E-state index contributed by atoms with van der Waals surface area (Å²) in [5, 5.41) is 5.09. The molecule has 0 rings (SSSR count). The molecule has 0 aromatic rings. The summed E-state index contributed by atoms with van der Waals surface area (Å²) in [7, 11) is -4.82. The maximum absolute atomic E-state index is 9.79. The molecule has 100 valence electrons. The van der Waals surface area contributed by atoms with Crippen LogP contribution in [0.1, 0.15) is 0 Å². The van der Waals surface area contributed by atoms with Crippen molar-refractivity contribution in [2.45, 2.75) is 0 Å². The van der Waals surface area contributed by atoms with Crippen LogP contribution in [0, 0.1) is 0 Å². The third-order valence-corrected chi connectivity index (χ3v) is 2.61. The van der Waals surface area contributed by atoms with Gasteiger partial charge in [0.25, 0.3) is 0 Å². The van der Waals surface area contributed by atoms with E-state index in [0.29, 0.717) is 0 Å². The smallest absolute Gasteiger partial charge is 0.748 e. The van der Waals surface area contributed by atoms with E-state index in [1.165, 1.54) is 0 Å². The predicted molar refractivity (Wildman–Crippen MR) is 62.7 cm³/mol.